The molecule has 1 nitrogen and oxygen atoms in total. The Hall–Kier alpha value is -2.09. The molecule has 86 valence electrons. The minimum atomic E-state index is -0.359. The van der Waals surface area contributed by atoms with E-state index in [-0.39, 0.29) is 11.6 Å². The summed E-state index contributed by atoms with van der Waals surface area (Å²) in [7, 11) is 0. The number of benzene rings is 2. The lowest BCUT2D eigenvalue weighted by Crippen LogP contribution is -1.88. The fourth-order valence-electron chi connectivity index (χ4n) is 1.51. The van der Waals surface area contributed by atoms with Crippen LogP contribution in [0.4, 0.5) is 4.39 Å². The smallest absolute Gasteiger partial charge is 0.165 e. The Kier molecular flexibility index (Phi) is 3.55. The molecule has 0 N–H and O–H groups in total. The Morgan fingerprint density at radius 2 is 1.82 bits per heavy atom. The molecule has 0 bridgehead atoms. The van der Waals surface area contributed by atoms with Crippen LogP contribution in [0.5, 0.6) is 11.5 Å². The van der Waals surface area contributed by atoms with Gasteiger partial charge in [0.1, 0.15) is 5.75 Å². The molecule has 0 aromatic heterocycles. The first-order valence-electron chi connectivity index (χ1n) is 5.45. The molecule has 2 aromatic rings. The van der Waals surface area contributed by atoms with Crippen molar-refractivity contribution in [2.75, 3.05) is 0 Å². The van der Waals surface area contributed by atoms with Crippen molar-refractivity contribution in [3.05, 3.63) is 66.0 Å². The van der Waals surface area contributed by atoms with Gasteiger partial charge in [0.2, 0.25) is 0 Å². The van der Waals surface area contributed by atoms with Gasteiger partial charge < -0.3 is 4.74 Å². The van der Waals surface area contributed by atoms with Crippen molar-refractivity contribution in [1.29, 1.82) is 0 Å². The van der Waals surface area contributed by atoms with Gasteiger partial charge in [-0.15, -0.1) is 0 Å². The average Bonchev–Trinajstić information content (AvgIpc) is 2.35. The van der Waals surface area contributed by atoms with Gasteiger partial charge in [-0.3, -0.25) is 0 Å². The number of ether oxygens (including phenoxy) is 1. The van der Waals surface area contributed by atoms with Gasteiger partial charge in [0.25, 0.3) is 0 Å². The molecule has 2 rings (SSSR count). The maximum absolute atomic E-state index is 13.5. The number of para-hydroxylation sites is 1. The zero-order chi connectivity index (χ0) is 12.1. The van der Waals surface area contributed by atoms with Crippen LogP contribution in [0.15, 0.2) is 54.6 Å². The third kappa shape index (κ3) is 2.94. The van der Waals surface area contributed by atoms with E-state index in [9.17, 15) is 4.39 Å². The predicted molar refractivity (Wildman–Crippen MR) is 67.6 cm³/mol. The van der Waals surface area contributed by atoms with Gasteiger partial charge in [-0.25, -0.2) is 4.39 Å². The molecule has 0 atom stereocenters. The summed E-state index contributed by atoms with van der Waals surface area (Å²) in [5.41, 5.74) is 0.917. The second-order valence-corrected chi connectivity index (χ2v) is 3.60. The highest BCUT2D eigenvalue weighted by atomic mass is 19.1. The van der Waals surface area contributed by atoms with Crippen LogP contribution in [0.25, 0.3) is 6.08 Å². The van der Waals surface area contributed by atoms with E-state index in [1.807, 2.05) is 37.3 Å². The molecular weight excluding hydrogens is 215 g/mol. The average molecular weight is 228 g/mol. The Balaban J connectivity index is 2.29. The van der Waals surface area contributed by atoms with Crippen LogP contribution in [-0.2, 0) is 0 Å². The highest BCUT2D eigenvalue weighted by molar-refractivity contribution is 5.52. The highest BCUT2D eigenvalue weighted by Gasteiger charge is 2.04. The molecule has 0 saturated carbocycles. The Morgan fingerprint density at radius 1 is 1.06 bits per heavy atom. The van der Waals surface area contributed by atoms with Crippen LogP contribution in [0.3, 0.4) is 0 Å². The number of hydrogen-bond donors (Lipinski definition) is 0. The Labute approximate surface area is 100 Å². The maximum atomic E-state index is 13.5. The van der Waals surface area contributed by atoms with Crippen LogP contribution in [-0.4, -0.2) is 0 Å². The summed E-state index contributed by atoms with van der Waals surface area (Å²) in [4.78, 5) is 0. The third-order valence-corrected chi connectivity index (χ3v) is 2.29. The summed E-state index contributed by atoms with van der Waals surface area (Å²) >= 11 is 0. The second-order valence-electron chi connectivity index (χ2n) is 3.60. The molecule has 0 saturated heterocycles. The van der Waals surface area contributed by atoms with Gasteiger partial charge in [-0.1, -0.05) is 36.4 Å². The number of halogens is 1. The molecule has 0 fully saturated rings. The fourth-order valence-corrected chi connectivity index (χ4v) is 1.51. The molecule has 0 radical (unpaired) electrons. The minimum Gasteiger partial charge on any atom is -0.454 e. The van der Waals surface area contributed by atoms with Crippen LogP contribution in [0.2, 0.25) is 0 Å². The molecular formula is C15H13FO. The molecule has 0 unspecified atom stereocenters. The monoisotopic (exact) mass is 228 g/mol. The number of hydrogen-bond acceptors (Lipinski definition) is 1. The van der Waals surface area contributed by atoms with E-state index < -0.39 is 0 Å². The fraction of sp³-hybridized carbons (Fsp3) is 0.0667. The number of allylic oxidation sites excluding steroid dienone is 1. The lowest BCUT2D eigenvalue weighted by molar-refractivity contribution is 0.442. The van der Waals surface area contributed by atoms with Crippen molar-refractivity contribution in [2.45, 2.75) is 6.92 Å². The van der Waals surface area contributed by atoms with Crippen LogP contribution in [0, 0.1) is 5.82 Å². The van der Waals surface area contributed by atoms with E-state index in [0.717, 1.165) is 5.56 Å². The first-order valence-corrected chi connectivity index (χ1v) is 5.45. The SMILES string of the molecule is CC=Cc1ccc(F)c(Oc2ccccc2)c1. The summed E-state index contributed by atoms with van der Waals surface area (Å²) in [5, 5.41) is 0. The molecule has 2 heteroatoms. The molecule has 17 heavy (non-hydrogen) atoms. The second kappa shape index (κ2) is 5.30. The van der Waals surface area contributed by atoms with Gasteiger partial charge in [0.15, 0.2) is 11.6 Å². The topological polar surface area (TPSA) is 9.23 Å². The lowest BCUT2D eigenvalue weighted by atomic mass is 10.2. The molecule has 0 aliphatic rings. The summed E-state index contributed by atoms with van der Waals surface area (Å²) < 4.78 is 19.0. The molecule has 2 aromatic carbocycles. The number of rotatable bonds is 3. The Morgan fingerprint density at radius 3 is 2.53 bits per heavy atom. The van der Waals surface area contributed by atoms with E-state index in [4.69, 9.17) is 4.74 Å². The van der Waals surface area contributed by atoms with Gasteiger partial charge in [0, 0.05) is 0 Å². The third-order valence-electron chi connectivity index (χ3n) is 2.29. The summed E-state index contributed by atoms with van der Waals surface area (Å²) in [6, 6.07) is 14.0. The van der Waals surface area contributed by atoms with Gasteiger partial charge >= 0.3 is 0 Å². The zero-order valence-electron chi connectivity index (χ0n) is 9.56. The van der Waals surface area contributed by atoms with E-state index in [1.165, 1.54) is 6.07 Å². The highest BCUT2D eigenvalue weighted by Crippen LogP contribution is 2.25. The lowest BCUT2D eigenvalue weighted by Gasteiger charge is -2.07. The van der Waals surface area contributed by atoms with Crippen molar-refractivity contribution in [1.82, 2.24) is 0 Å². The Bertz CT molecular complexity index is 518. The van der Waals surface area contributed by atoms with Gasteiger partial charge in [-0.2, -0.15) is 0 Å². The van der Waals surface area contributed by atoms with Crippen molar-refractivity contribution < 1.29 is 9.13 Å². The zero-order valence-corrected chi connectivity index (χ0v) is 9.56. The standard InChI is InChI=1S/C15H13FO/c1-2-6-12-9-10-14(16)15(11-12)17-13-7-4-3-5-8-13/h2-11H,1H3. The van der Waals surface area contributed by atoms with E-state index >= 15 is 0 Å². The van der Waals surface area contributed by atoms with E-state index in [1.54, 1.807) is 24.3 Å². The summed E-state index contributed by atoms with van der Waals surface area (Å²) in [6.07, 6.45) is 3.80. The largest absolute Gasteiger partial charge is 0.454 e. The summed E-state index contributed by atoms with van der Waals surface area (Å²) in [5.74, 6) is 0.512. The van der Waals surface area contributed by atoms with Crippen LogP contribution in [0.1, 0.15) is 12.5 Å². The van der Waals surface area contributed by atoms with E-state index in [0.29, 0.717) is 5.75 Å². The van der Waals surface area contributed by atoms with Gasteiger partial charge in [-0.05, 0) is 36.8 Å². The van der Waals surface area contributed by atoms with Crippen molar-refractivity contribution in [3.63, 3.8) is 0 Å². The first-order chi connectivity index (χ1) is 8.29. The van der Waals surface area contributed by atoms with Crippen LogP contribution < -0.4 is 4.74 Å². The summed E-state index contributed by atoms with van der Waals surface area (Å²) in [6.45, 7) is 1.92. The molecule has 0 aliphatic carbocycles. The molecule has 0 amide bonds. The maximum Gasteiger partial charge on any atom is 0.165 e. The van der Waals surface area contributed by atoms with Gasteiger partial charge in [0.05, 0.1) is 0 Å². The van der Waals surface area contributed by atoms with E-state index in [2.05, 4.69) is 0 Å². The quantitative estimate of drug-likeness (QED) is 0.742. The normalized spacial score (nSPS) is 10.7. The molecule has 0 heterocycles. The molecule has 0 aliphatic heterocycles. The van der Waals surface area contributed by atoms with Crippen molar-refractivity contribution in [3.8, 4) is 11.5 Å². The van der Waals surface area contributed by atoms with Crippen molar-refractivity contribution >= 4 is 6.08 Å². The van der Waals surface area contributed by atoms with Crippen molar-refractivity contribution in [2.24, 2.45) is 0 Å². The molecule has 0 spiro atoms. The first kappa shape index (κ1) is 11.4. The van der Waals surface area contributed by atoms with Crippen LogP contribution >= 0.6 is 0 Å². The predicted octanol–water partition coefficient (Wildman–Crippen LogP) is 4.65. The minimum absolute atomic E-state index is 0.242.